The quantitative estimate of drug-likeness (QED) is 0.411. The van der Waals surface area contributed by atoms with E-state index in [9.17, 15) is 18.0 Å². The van der Waals surface area contributed by atoms with Crippen LogP contribution in [0.15, 0.2) is 59.5 Å². The summed E-state index contributed by atoms with van der Waals surface area (Å²) in [4.78, 5) is 28.2. The van der Waals surface area contributed by atoms with Crippen molar-refractivity contribution in [2.45, 2.75) is 70.0 Å². The molecule has 2 unspecified atom stereocenters. The molecule has 198 valence electrons. The van der Waals surface area contributed by atoms with Gasteiger partial charge in [0.25, 0.3) is 0 Å². The van der Waals surface area contributed by atoms with E-state index < -0.39 is 16.1 Å². The Bertz CT molecular complexity index is 1070. The molecule has 9 heteroatoms. The van der Waals surface area contributed by atoms with Crippen LogP contribution in [0.4, 0.5) is 0 Å². The lowest BCUT2D eigenvalue weighted by molar-refractivity contribution is -0.141. The molecule has 0 saturated heterocycles. The van der Waals surface area contributed by atoms with Crippen molar-refractivity contribution < 1.29 is 22.7 Å². The van der Waals surface area contributed by atoms with Gasteiger partial charge in [-0.1, -0.05) is 44.2 Å². The molecule has 0 aliphatic rings. The number of hydrogen-bond donors (Lipinski definition) is 1. The minimum atomic E-state index is -3.63. The van der Waals surface area contributed by atoms with E-state index in [4.69, 9.17) is 4.74 Å². The number of methoxy groups -OCH3 is 1. The van der Waals surface area contributed by atoms with Gasteiger partial charge in [0.15, 0.2) is 0 Å². The van der Waals surface area contributed by atoms with Crippen molar-refractivity contribution >= 4 is 21.8 Å². The minimum Gasteiger partial charge on any atom is -0.497 e. The highest BCUT2D eigenvalue weighted by molar-refractivity contribution is 7.89. The van der Waals surface area contributed by atoms with Crippen molar-refractivity contribution in [3.63, 3.8) is 0 Å². The lowest BCUT2D eigenvalue weighted by Gasteiger charge is -2.31. The standard InChI is InChI=1S/C27H39N3O5S/c1-6-21(3)28-27(32)25(7-2)30(20-22-15-17-23(35-5)18-16-22)26(31)14-11-19-29(4)36(33,34)24-12-9-8-10-13-24/h8-10,12-13,15-18,21,25H,6-7,11,14,19-20H2,1-5H3,(H,28,32). The fraction of sp³-hybridized carbons (Fsp3) is 0.481. The van der Waals surface area contributed by atoms with Gasteiger partial charge in [0.05, 0.1) is 12.0 Å². The normalized spacial score (nSPS) is 13.2. The molecule has 2 atom stereocenters. The maximum Gasteiger partial charge on any atom is 0.243 e. The molecule has 2 aromatic carbocycles. The zero-order chi connectivity index (χ0) is 26.7. The number of nitrogens with one attached hydrogen (secondary N) is 1. The molecule has 0 aromatic heterocycles. The molecule has 0 fully saturated rings. The number of ether oxygens (including phenoxy) is 1. The number of carbonyl (C=O) groups excluding carboxylic acids is 2. The van der Waals surface area contributed by atoms with Crippen molar-refractivity contribution in [1.29, 1.82) is 0 Å². The Morgan fingerprint density at radius 2 is 1.64 bits per heavy atom. The molecule has 1 N–H and O–H groups in total. The Kier molecular flexibility index (Phi) is 11.4. The molecule has 0 radical (unpaired) electrons. The van der Waals surface area contributed by atoms with Gasteiger partial charge in [-0.3, -0.25) is 9.59 Å². The SMILES string of the molecule is CCC(C)NC(=O)C(CC)N(Cc1ccc(OC)cc1)C(=O)CCCN(C)S(=O)(=O)c1ccccc1. The molecule has 2 rings (SSSR count). The van der Waals surface area contributed by atoms with Crippen molar-refractivity contribution in [3.05, 3.63) is 60.2 Å². The van der Waals surface area contributed by atoms with E-state index in [2.05, 4.69) is 5.32 Å². The lowest BCUT2D eigenvalue weighted by atomic mass is 10.1. The largest absolute Gasteiger partial charge is 0.497 e. The number of sulfonamides is 1. The molecular weight excluding hydrogens is 478 g/mol. The highest BCUT2D eigenvalue weighted by Crippen LogP contribution is 2.19. The fourth-order valence-electron chi connectivity index (χ4n) is 3.78. The second-order valence-corrected chi connectivity index (χ2v) is 10.9. The second-order valence-electron chi connectivity index (χ2n) is 8.85. The zero-order valence-electron chi connectivity index (χ0n) is 21.9. The maximum atomic E-state index is 13.4. The summed E-state index contributed by atoms with van der Waals surface area (Å²) in [7, 11) is -0.531. The summed E-state index contributed by atoms with van der Waals surface area (Å²) in [5.74, 6) is 0.334. The first-order chi connectivity index (χ1) is 17.1. The van der Waals surface area contributed by atoms with E-state index >= 15 is 0 Å². The number of hydrogen-bond acceptors (Lipinski definition) is 5. The van der Waals surface area contributed by atoms with E-state index in [1.54, 1.807) is 42.3 Å². The molecule has 2 aromatic rings. The minimum absolute atomic E-state index is 0.00123. The Hall–Kier alpha value is -2.91. The second kappa shape index (κ2) is 14.0. The Labute approximate surface area is 215 Å². The van der Waals surface area contributed by atoms with Crippen LogP contribution in [0.3, 0.4) is 0 Å². The van der Waals surface area contributed by atoms with Crippen molar-refractivity contribution in [1.82, 2.24) is 14.5 Å². The third-order valence-corrected chi connectivity index (χ3v) is 8.09. The predicted octanol–water partition coefficient (Wildman–Crippen LogP) is 3.82. The van der Waals surface area contributed by atoms with Crippen LogP contribution in [0, 0.1) is 0 Å². The summed E-state index contributed by atoms with van der Waals surface area (Å²) < 4.78 is 32.0. The van der Waals surface area contributed by atoms with E-state index in [1.807, 2.05) is 45.0 Å². The van der Waals surface area contributed by atoms with Crippen LogP contribution >= 0.6 is 0 Å². The van der Waals surface area contributed by atoms with Crippen LogP contribution in [0.1, 0.15) is 52.0 Å². The number of rotatable bonds is 14. The Morgan fingerprint density at radius 1 is 1.00 bits per heavy atom. The number of amides is 2. The highest BCUT2D eigenvalue weighted by Gasteiger charge is 2.29. The Morgan fingerprint density at radius 3 is 2.19 bits per heavy atom. The maximum absolute atomic E-state index is 13.4. The third-order valence-electron chi connectivity index (χ3n) is 6.21. The zero-order valence-corrected chi connectivity index (χ0v) is 22.8. The van der Waals surface area contributed by atoms with Gasteiger partial charge >= 0.3 is 0 Å². The Balaban J connectivity index is 2.14. The van der Waals surface area contributed by atoms with Gasteiger partial charge in [0, 0.05) is 32.6 Å². The summed E-state index contributed by atoms with van der Waals surface area (Å²) in [5.41, 5.74) is 0.878. The summed E-state index contributed by atoms with van der Waals surface area (Å²) in [6.07, 6.45) is 1.71. The average molecular weight is 518 g/mol. The smallest absolute Gasteiger partial charge is 0.243 e. The molecule has 36 heavy (non-hydrogen) atoms. The van der Waals surface area contributed by atoms with Gasteiger partial charge in [-0.25, -0.2) is 12.7 Å². The molecule has 0 aliphatic heterocycles. The van der Waals surface area contributed by atoms with Crippen LogP contribution in [0.25, 0.3) is 0 Å². The fourth-order valence-corrected chi connectivity index (χ4v) is 5.01. The predicted molar refractivity (Wildman–Crippen MR) is 141 cm³/mol. The number of nitrogens with zero attached hydrogens (tertiary/aromatic N) is 2. The molecule has 2 amide bonds. The van der Waals surface area contributed by atoms with Crippen LogP contribution < -0.4 is 10.1 Å². The third kappa shape index (κ3) is 8.06. The van der Waals surface area contributed by atoms with Crippen molar-refractivity contribution in [2.75, 3.05) is 20.7 Å². The summed E-state index contributed by atoms with van der Waals surface area (Å²) >= 11 is 0. The lowest BCUT2D eigenvalue weighted by Crippen LogP contribution is -2.50. The van der Waals surface area contributed by atoms with Gasteiger partial charge in [-0.05, 0) is 56.0 Å². The molecule has 0 bridgehead atoms. The van der Waals surface area contributed by atoms with Crippen LogP contribution in [-0.2, 0) is 26.2 Å². The first-order valence-electron chi connectivity index (χ1n) is 12.4. The first kappa shape index (κ1) is 29.3. The number of benzene rings is 2. The summed E-state index contributed by atoms with van der Waals surface area (Å²) in [6, 6.07) is 15.0. The van der Waals surface area contributed by atoms with Crippen LogP contribution in [0.2, 0.25) is 0 Å². The molecular formula is C27H39N3O5S. The monoisotopic (exact) mass is 517 g/mol. The van der Waals surface area contributed by atoms with Gasteiger partial charge in [0.2, 0.25) is 21.8 Å². The van der Waals surface area contributed by atoms with Crippen LogP contribution in [0.5, 0.6) is 5.75 Å². The molecule has 0 heterocycles. The average Bonchev–Trinajstić information content (AvgIpc) is 2.89. The molecule has 0 saturated carbocycles. The van der Waals surface area contributed by atoms with Gasteiger partial charge in [0.1, 0.15) is 11.8 Å². The van der Waals surface area contributed by atoms with Gasteiger partial charge in [-0.15, -0.1) is 0 Å². The van der Waals surface area contributed by atoms with Gasteiger partial charge < -0.3 is 15.0 Å². The van der Waals surface area contributed by atoms with Crippen molar-refractivity contribution in [3.8, 4) is 5.75 Å². The van der Waals surface area contributed by atoms with E-state index in [0.717, 1.165) is 12.0 Å². The van der Waals surface area contributed by atoms with Crippen molar-refractivity contribution in [2.24, 2.45) is 0 Å². The van der Waals surface area contributed by atoms with Crippen LogP contribution in [-0.4, -0.2) is 62.2 Å². The van der Waals surface area contributed by atoms with E-state index in [0.29, 0.717) is 18.6 Å². The van der Waals surface area contributed by atoms with E-state index in [-0.39, 0.29) is 42.3 Å². The molecule has 0 aliphatic carbocycles. The summed E-state index contributed by atoms with van der Waals surface area (Å²) in [5, 5.41) is 2.99. The van der Waals surface area contributed by atoms with Gasteiger partial charge in [-0.2, -0.15) is 0 Å². The van der Waals surface area contributed by atoms with E-state index in [1.165, 1.54) is 11.4 Å². The molecule has 0 spiro atoms. The number of carbonyl (C=O) groups is 2. The topological polar surface area (TPSA) is 96.0 Å². The summed E-state index contributed by atoms with van der Waals surface area (Å²) in [6.45, 7) is 6.27. The first-order valence-corrected chi connectivity index (χ1v) is 13.8. The highest BCUT2D eigenvalue weighted by atomic mass is 32.2. The molecule has 8 nitrogen and oxygen atoms in total.